The highest BCUT2D eigenvalue weighted by Gasteiger charge is 2.32. The Labute approximate surface area is 67.7 Å². The lowest BCUT2D eigenvalue weighted by atomic mass is 10.2. The van der Waals surface area contributed by atoms with Crippen LogP contribution >= 0.6 is 0 Å². The summed E-state index contributed by atoms with van der Waals surface area (Å²) >= 11 is 0. The third-order valence-electron chi connectivity index (χ3n) is 1.32. The Morgan fingerprint density at radius 2 is 2.17 bits per heavy atom. The molecule has 1 N–H and O–H groups in total. The van der Waals surface area contributed by atoms with E-state index in [4.69, 9.17) is 0 Å². The van der Waals surface area contributed by atoms with Gasteiger partial charge >= 0.3 is 6.36 Å². The zero-order valence-corrected chi connectivity index (χ0v) is 6.40. The highest BCUT2D eigenvalue weighted by Crippen LogP contribution is 2.22. The molecule has 0 saturated carbocycles. The third-order valence-corrected chi connectivity index (χ3v) is 1.32. The van der Waals surface area contributed by atoms with Crippen molar-refractivity contribution in [2.24, 2.45) is 0 Å². The second-order valence-electron chi connectivity index (χ2n) is 2.34. The smallest absolute Gasteiger partial charge is 0.390 e. The summed E-state index contributed by atoms with van der Waals surface area (Å²) in [4.78, 5) is 0. The lowest BCUT2D eigenvalue weighted by Crippen LogP contribution is -2.25. The summed E-state index contributed by atoms with van der Waals surface area (Å²) in [5.41, 5.74) is 0.443. The summed E-state index contributed by atoms with van der Waals surface area (Å²) in [6.45, 7) is 1.91. The number of allylic oxidation sites excluding steroid dienone is 2. The molecule has 0 aromatic carbocycles. The molecule has 0 fully saturated rings. The molecule has 0 saturated heterocycles. The van der Waals surface area contributed by atoms with Gasteiger partial charge in [-0.1, -0.05) is 12.2 Å². The van der Waals surface area contributed by atoms with Crippen molar-refractivity contribution in [3.05, 3.63) is 23.6 Å². The fourth-order valence-electron chi connectivity index (χ4n) is 0.835. The van der Waals surface area contributed by atoms with Crippen LogP contribution in [0.3, 0.4) is 0 Å². The molecule has 0 bridgehead atoms. The summed E-state index contributed by atoms with van der Waals surface area (Å²) in [7, 11) is 0. The number of alkyl halides is 3. The predicted octanol–water partition coefficient (Wildman–Crippen LogP) is 1.91. The monoisotopic (exact) mass is 179 g/mol. The average Bonchev–Trinajstić information content (AvgIpc) is 1.91. The molecular weight excluding hydrogens is 171 g/mol. The Morgan fingerprint density at radius 3 is 2.67 bits per heavy atom. The number of hydrogen-bond donors (Lipinski definition) is 1. The first kappa shape index (κ1) is 8.96. The minimum atomic E-state index is -4.62. The largest absolute Gasteiger partial charge is 0.574 e. The SMILES string of the molecule is CC1=C(OC(F)(F)F)NCC=C1. The molecule has 1 aliphatic heterocycles. The van der Waals surface area contributed by atoms with Crippen LogP contribution < -0.4 is 5.32 Å². The highest BCUT2D eigenvalue weighted by molar-refractivity contribution is 5.23. The molecule has 12 heavy (non-hydrogen) atoms. The minimum Gasteiger partial charge on any atom is -0.390 e. The van der Waals surface area contributed by atoms with Gasteiger partial charge in [-0.05, 0) is 6.92 Å². The zero-order valence-electron chi connectivity index (χ0n) is 6.40. The summed E-state index contributed by atoms with van der Waals surface area (Å²) in [6.07, 6.45) is -1.31. The first-order valence-corrected chi connectivity index (χ1v) is 3.36. The molecule has 0 aromatic rings. The Hall–Kier alpha value is -1.13. The van der Waals surface area contributed by atoms with Crippen LogP contribution in [0.2, 0.25) is 0 Å². The number of hydrogen-bond acceptors (Lipinski definition) is 2. The average molecular weight is 179 g/mol. The Balaban J connectivity index is 2.68. The molecule has 0 spiro atoms. The van der Waals surface area contributed by atoms with Crippen molar-refractivity contribution in [1.82, 2.24) is 5.32 Å². The Morgan fingerprint density at radius 1 is 1.50 bits per heavy atom. The van der Waals surface area contributed by atoms with Crippen molar-refractivity contribution in [2.75, 3.05) is 6.54 Å². The van der Waals surface area contributed by atoms with Crippen molar-refractivity contribution in [1.29, 1.82) is 0 Å². The van der Waals surface area contributed by atoms with E-state index in [-0.39, 0.29) is 5.88 Å². The van der Waals surface area contributed by atoms with Crippen molar-refractivity contribution in [3.63, 3.8) is 0 Å². The van der Waals surface area contributed by atoms with Crippen molar-refractivity contribution in [3.8, 4) is 0 Å². The van der Waals surface area contributed by atoms with E-state index in [1.807, 2.05) is 0 Å². The quantitative estimate of drug-likeness (QED) is 0.663. The highest BCUT2D eigenvalue weighted by atomic mass is 19.4. The van der Waals surface area contributed by atoms with E-state index in [2.05, 4.69) is 10.1 Å². The Bertz CT molecular complexity index is 229. The van der Waals surface area contributed by atoms with Gasteiger partial charge in [0.25, 0.3) is 0 Å². The van der Waals surface area contributed by atoms with Gasteiger partial charge in [0.2, 0.25) is 0 Å². The van der Waals surface area contributed by atoms with Gasteiger partial charge in [0.05, 0.1) is 0 Å². The van der Waals surface area contributed by atoms with Crippen LogP contribution in [0.1, 0.15) is 6.92 Å². The van der Waals surface area contributed by atoms with Gasteiger partial charge in [0, 0.05) is 12.1 Å². The molecule has 0 atom stereocenters. The molecule has 5 heteroatoms. The van der Waals surface area contributed by atoms with Gasteiger partial charge in [0.1, 0.15) is 0 Å². The number of ether oxygens (including phenoxy) is 1. The second-order valence-corrected chi connectivity index (χ2v) is 2.34. The molecular formula is C7H8F3NO. The minimum absolute atomic E-state index is 0.218. The van der Waals surface area contributed by atoms with Gasteiger partial charge in [-0.15, -0.1) is 13.2 Å². The maximum absolute atomic E-state index is 11.7. The van der Waals surface area contributed by atoms with Gasteiger partial charge in [-0.2, -0.15) is 0 Å². The summed E-state index contributed by atoms with van der Waals surface area (Å²) in [5.74, 6) is -0.218. The van der Waals surface area contributed by atoms with Crippen LogP contribution in [-0.2, 0) is 4.74 Å². The first-order chi connectivity index (χ1) is 5.49. The number of halogens is 3. The van der Waals surface area contributed by atoms with Gasteiger partial charge in [0.15, 0.2) is 5.88 Å². The molecule has 1 aliphatic rings. The topological polar surface area (TPSA) is 21.3 Å². The first-order valence-electron chi connectivity index (χ1n) is 3.36. The van der Waals surface area contributed by atoms with Crippen molar-refractivity contribution < 1.29 is 17.9 Å². The van der Waals surface area contributed by atoms with Crippen LogP contribution in [0.4, 0.5) is 13.2 Å². The standard InChI is InChI=1S/C7H8F3NO/c1-5-3-2-4-11-6(5)12-7(8,9)10/h2-3,11H,4H2,1H3. The third kappa shape index (κ3) is 2.48. The molecule has 0 aliphatic carbocycles. The van der Waals surface area contributed by atoms with Crippen molar-refractivity contribution in [2.45, 2.75) is 13.3 Å². The van der Waals surface area contributed by atoms with Gasteiger partial charge < -0.3 is 10.1 Å². The second kappa shape index (κ2) is 3.08. The van der Waals surface area contributed by atoms with Crippen LogP contribution in [-0.4, -0.2) is 12.9 Å². The lowest BCUT2D eigenvalue weighted by molar-refractivity contribution is -0.308. The van der Waals surface area contributed by atoms with Gasteiger partial charge in [-0.3, -0.25) is 0 Å². The van der Waals surface area contributed by atoms with Crippen LogP contribution in [0, 0.1) is 0 Å². The maximum Gasteiger partial charge on any atom is 0.574 e. The predicted molar refractivity (Wildman–Crippen MR) is 37.0 cm³/mol. The lowest BCUT2D eigenvalue weighted by Gasteiger charge is -2.17. The fraction of sp³-hybridized carbons (Fsp3) is 0.429. The van der Waals surface area contributed by atoms with E-state index >= 15 is 0 Å². The molecule has 0 amide bonds. The molecule has 2 nitrogen and oxygen atoms in total. The molecule has 0 aromatic heterocycles. The number of dihydropyridines is 1. The fourth-order valence-corrected chi connectivity index (χ4v) is 0.835. The summed E-state index contributed by atoms with van der Waals surface area (Å²) < 4.78 is 38.8. The van der Waals surface area contributed by atoms with E-state index < -0.39 is 6.36 Å². The normalized spacial score (nSPS) is 17.7. The van der Waals surface area contributed by atoms with E-state index in [1.165, 1.54) is 0 Å². The molecule has 1 rings (SSSR count). The molecule has 0 radical (unpaired) electrons. The maximum atomic E-state index is 11.7. The summed E-state index contributed by atoms with van der Waals surface area (Å²) in [5, 5.41) is 2.48. The van der Waals surface area contributed by atoms with Crippen LogP contribution in [0.25, 0.3) is 0 Å². The van der Waals surface area contributed by atoms with E-state index in [0.29, 0.717) is 12.1 Å². The van der Waals surface area contributed by atoms with E-state index in [9.17, 15) is 13.2 Å². The Kier molecular flexibility index (Phi) is 2.30. The molecule has 1 heterocycles. The van der Waals surface area contributed by atoms with Crippen molar-refractivity contribution >= 4 is 0 Å². The zero-order chi connectivity index (χ0) is 9.19. The van der Waals surface area contributed by atoms with Gasteiger partial charge in [-0.25, -0.2) is 0 Å². The molecule has 68 valence electrons. The van der Waals surface area contributed by atoms with E-state index in [0.717, 1.165) is 0 Å². The van der Waals surface area contributed by atoms with Crippen LogP contribution in [0.15, 0.2) is 23.6 Å². The van der Waals surface area contributed by atoms with Crippen LogP contribution in [0.5, 0.6) is 0 Å². The number of rotatable bonds is 1. The molecule has 0 unspecified atom stereocenters. The number of nitrogens with one attached hydrogen (secondary N) is 1. The summed E-state index contributed by atoms with van der Waals surface area (Å²) in [6, 6.07) is 0. The van der Waals surface area contributed by atoms with E-state index in [1.54, 1.807) is 19.1 Å².